The molecule has 5 heteroatoms. The first kappa shape index (κ1) is 11.3. The monoisotopic (exact) mass is 344 g/mol. The van der Waals surface area contributed by atoms with Gasteiger partial charge in [-0.2, -0.15) is 0 Å². The molecule has 3 rings (SSSR count). The van der Waals surface area contributed by atoms with Crippen molar-refractivity contribution in [3.63, 3.8) is 0 Å². The van der Waals surface area contributed by atoms with Crippen molar-refractivity contribution < 1.29 is 9.53 Å². The molecule has 1 saturated carbocycles. The number of anilines is 1. The molecular weight excluding hydrogens is 331 g/mol. The van der Waals surface area contributed by atoms with E-state index in [4.69, 9.17) is 4.74 Å². The predicted octanol–water partition coefficient (Wildman–Crippen LogP) is 2.81. The van der Waals surface area contributed by atoms with E-state index in [0.29, 0.717) is 11.7 Å². The van der Waals surface area contributed by atoms with Gasteiger partial charge in [0, 0.05) is 22.2 Å². The quantitative estimate of drug-likeness (QED) is 0.736. The highest BCUT2D eigenvalue weighted by molar-refractivity contribution is 14.1. The first-order valence-electron chi connectivity index (χ1n) is 5.84. The van der Waals surface area contributed by atoms with Crippen molar-refractivity contribution >= 4 is 34.5 Å². The van der Waals surface area contributed by atoms with Crippen LogP contribution in [0.4, 0.5) is 10.6 Å². The second-order valence-electron chi connectivity index (χ2n) is 4.56. The Morgan fingerprint density at radius 1 is 1.41 bits per heavy atom. The zero-order valence-electron chi connectivity index (χ0n) is 9.30. The zero-order valence-corrected chi connectivity index (χ0v) is 11.5. The molecule has 1 aliphatic carbocycles. The fraction of sp³-hybridized carbons (Fsp3) is 0.500. The Morgan fingerprint density at radius 3 is 3.06 bits per heavy atom. The third kappa shape index (κ3) is 2.12. The highest BCUT2D eigenvalue weighted by Crippen LogP contribution is 2.34. The molecule has 0 aromatic carbocycles. The van der Waals surface area contributed by atoms with E-state index in [9.17, 15) is 4.79 Å². The van der Waals surface area contributed by atoms with Gasteiger partial charge in [-0.15, -0.1) is 0 Å². The number of hydrogen-bond donors (Lipinski definition) is 0. The van der Waals surface area contributed by atoms with Crippen molar-refractivity contribution in [1.82, 2.24) is 4.98 Å². The van der Waals surface area contributed by atoms with Gasteiger partial charge in [0.2, 0.25) is 0 Å². The first-order valence-corrected chi connectivity index (χ1v) is 6.91. The van der Waals surface area contributed by atoms with Gasteiger partial charge < -0.3 is 4.74 Å². The molecule has 2 heterocycles. The molecule has 0 spiro atoms. The molecule has 2 aliphatic rings. The maximum atomic E-state index is 11.9. The molecule has 0 N–H and O–H groups in total. The average molecular weight is 344 g/mol. The molecule has 4 nitrogen and oxygen atoms in total. The topological polar surface area (TPSA) is 42.4 Å². The summed E-state index contributed by atoms with van der Waals surface area (Å²) in [5, 5.41) is 0. The number of rotatable bonds is 1. The second-order valence-corrected chi connectivity index (χ2v) is 5.80. The molecule has 1 saturated heterocycles. The number of hydrogen-bond acceptors (Lipinski definition) is 3. The summed E-state index contributed by atoms with van der Waals surface area (Å²) in [6, 6.07) is 3.83. The number of nitrogens with zero attached hydrogens (tertiary/aromatic N) is 2. The Balaban J connectivity index is 1.83. The van der Waals surface area contributed by atoms with E-state index in [2.05, 4.69) is 27.6 Å². The summed E-state index contributed by atoms with van der Waals surface area (Å²) in [6.07, 6.45) is 4.99. The minimum atomic E-state index is -0.248. The number of carbonyl (C=O) groups is 1. The van der Waals surface area contributed by atoms with Crippen molar-refractivity contribution in [1.29, 1.82) is 0 Å². The lowest BCUT2D eigenvalue weighted by Crippen LogP contribution is -2.46. The summed E-state index contributed by atoms with van der Waals surface area (Å²) in [5.41, 5.74) is 0. The highest BCUT2D eigenvalue weighted by Gasteiger charge is 2.39. The Morgan fingerprint density at radius 2 is 2.29 bits per heavy atom. The molecule has 0 radical (unpaired) electrons. The third-order valence-electron chi connectivity index (χ3n) is 3.47. The number of ether oxygens (including phenoxy) is 1. The van der Waals surface area contributed by atoms with Crippen LogP contribution in [0.15, 0.2) is 18.3 Å². The van der Waals surface area contributed by atoms with Crippen molar-refractivity contribution in [2.45, 2.75) is 25.4 Å². The van der Waals surface area contributed by atoms with Crippen LogP contribution < -0.4 is 4.90 Å². The van der Waals surface area contributed by atoms with Gasteiger partial charge in [-0.05, 0) is 54.0 Å². The molecule has 1 amide bonds. The van der Waals surface area contributed by atoms with Crippen LogP contribution >= 0.6 is 22.6 Å². The van der Waals surface area contributed by atoms with Crippen LogP contribution in [0, 0.1) is 9.49 Å². The Bertz CT molecular complexity index is 435. The summed E-state index contributed by atoms with van der Waals surface area (Å²) in [4.78, 5) is 17.8. The minimum absolute atomic E-state index is 0.141. The number of amides is 1. The molecule has 90 valence electrons. The van der Waals surface area contributed by atoms with E-state index >= 15 is 0 Å². The number of carbonyl (C=O) groups excluding carboxylic acids is 1. The molecule has 0 bridgehead atoms. The fourth-order valence-corrected chi connectivity index (χ4v) is 2.90. The Kier molecular flexibility index (Phi) is 2.94. The van der Waals surface area contributed by atoms with Gasteiger partial charge >= 0.3 is 6.09 Å². The minimum Gasteiger partial charge on any atom is -0.445 e. The number of aromatic nitrogens is 1. The van der Waals surface area contributed by atoms with Gasteiger partial charge in [-0.1, -0.05) is 0 Å². The maximum Gasteiger partial charge on any atom is 0.415 e. The van der Waals surface area contributed by atoms with Crippen LogP contribution in [0.5, 0.6) is 0 Å². The zero-order chi connectivity index (χ0) is 11.8. The van der Waals surface area contributed by atoms with Gasteiger partial charge in [0.05, 0.1) is 0 Å². The van der Waals surface area contributed by atoms with E-state index in [-0.39, 0.29) is 12.2 Å². The molecule has 1 aliphatic heterocycles. The molecule has 1 aromatic heterocycles. The van der Waals surface area contributed by atoms with Gasteiger partial charge in [0.25, 0.3) is 0 Å². The van der Waals surface area contributed by atoms with E-state index in [1.54, 1.807) is 11.1 Å². The smallest absolute Gasteiger partial charge is 0.415 e. The van der Waals surface area contributed by atoms with E-state index in [1.165, 1.54) is 0 Å². The summed E-state index contributed by atoms with van der Waals surface area (Å²) < 4.78 is 6.52. The van der Waals surface area contributed by atoms with E-state index in [1.807, 2.05) is 12.1 Å². The summed E-state index contributed by atoms with van der Waals surface area (Å²) in [5.74, 6) is 1.18. The highest BCUT2D eigenvalue weighted by atomic mass is 127. The molecule has 0 unspecified atom stereocenters. The van der Waals surface area contributed by atoms with Gasteiger partial charge in [-0.3, -0.25) is 4.90 Å². The number of halogens is 1. The van der Waals surface area contributed by atoms with Crippen LogP contribution in [0.3, 0.4) is 0 Å². The largest absolute Gasteiger partial charge is 0.445 e. The van der Waals surface area contributed by atoms with Gasteiger partial charge in [0.1, 0.15) is 11.9 Å². The predicted molar refractivity (Wildman–Crippen MR) is 71.9 cm³/mol. The van der Waals surface area contributed by atoms with E-state index in [0.717, 1.165) is 29.4 Å². The van der Waals surface area contributed by atoms with Crippen LogP contribution in [0.25, 0.3) is 0 Å². The van der Waals surface area contributed by atoms with E-state index < -0.39 is 0 Å². The van der Waals surface area contributed by atoms with Crippen LogP contribution in [0.1, 0.15) is 19.3 Å². The fourth-order valence-electron chi connectivity index (χ4n) is 2.58. The van der Waals surface area contributed by atoms with Crippen LogP contribution in [-0.2, 0) is 4.74 Å². The number of fused-ring (bicyclic) bond motifs is 1. The molecular formula is C12H13IN2O2. The summed E-state index contributed by atoms with van der Waals surface area (Å²) >= 11 is 2.20. The Labute approximate surface area is 113 Å². The lowest BCUT2D eigenvalue weighted by molar-refractivity contribution is 0.0633. The normalized spacial score (nSPS) is 27.8. The Hall–Kier alpha value is -0.850. The maximum absolute atomic E-state index is 11.9. The van der Waals surface area contributed by atoms with Crippen LogP contribution in [-0.4, -0.2) is 23.7 Å². The standard InChI is InChI=1S/C12H13IN2O2/c13-9-4-5-11(14-6-9)15-7-8-2-1-3-10(8)17-12(15)16/h4-6,8,10H,1-3,7H2/t8-,10+/m1/s1. The summed E-state index contributed by atoms with van der Waals surface area (Å²) in [7, 11) is 0. The molecule has 1 aromatic rings. The number of pyridine rings is 1. The molecule has 2 fully saturated rings. The van der Waals surface area contributed by atoms with Crippen molar-refractivity contribution in [2.75, 3.05) is 11.4 Å². The van der Waals surface area contributed by atoms with Crippen molar-refractivity contribution in [3.05, 3.63) is 21.9 Å². The molecule has 2 atom stereocenters. The second kappa shape index (κ2) is 4.44. The first-order chi connectivity index (χ1) is 8.24. The van der Waals surface area contributed by atoms with Crippen LogP contribution in [0.2, 0.25) is 0 Å². The lowest BCUT2D eigenvalue weighted by Gasteiger charge is -2.33. The van der Waals surface area contributed by atoms with Gasteiger partial charge in [0.15, 0.2) is 0 Å². The van der Waals surface area contributed by atoms with Gasteiger partial charge in [-0.25, -0.2) is 9.78 Å². The average Bonchev–Trinajstić information content (AvgIpc) is 2.76. The van der Waals surface area contributed by atoms with Crippen molar-refractivity contribution in [2.24, 2.45) is 5.92 Å². The lowest BCUT2D eigenvalue weighted by atomic mass is 10.0. The summed E-state index contributed by atoms with van der Waals surface area (Å²) in [6.45, 7) is 0.747. The third-order valence-corrected chi connectivity index (χ3v) is 4.11. The van der Waals surface area contributed by atoms with Crippen molar-refractivity contribution in [3.8, 4) is 0 Å². The SMILES string of the molecule is O=C1O[C@H]2CCC[C@@H]2CN1c1ccc(I)cn1. The molecule has 17 heavy (non-hydrogen) atoms.